The number of hydrogen-bond donors (Lipinski definition) is 1. The molecule has 6 heteroatoms. The molecule has 0 aromatic heterocycles. The van der Waals surface area contributed by atoms with Gasteiger partial charge in [0.15, 0.2) is 0 Å². The predicted octanol–water partition coefficient (Wildman–Crippen LogP) is 2.39. The first-order valence-electron chi connectivity index (χ1n) is 6.78. The Balaban J connectivity index is 2.55. The Morgan fingerprint density at radius 2 is 1.90 bits per heavy atom. The maximum absolute atomic E-state index is 11.9. The highest BCUT2D eigenvalue weighted by molar-refractivity contribution is 5.68. The number of amides is 1. The largest absolute Gasteiger partial charge is 0.481 e. The molecule has 0 spiro atoms. The average Bonchev–Trinajstić information content (AvgIpc) is 2.35. The van der Waals surface area contributed by atoms with Crippen LogP contribution in [0.4, 0.5) is 4.79 Å². The van der Waals surface area contributed by atoms with E-state index in [-0.39, 0.29) is 12.5 Å². The summed E-state index contributed by atoms with van der Waals surface area (Å²) in [4.78, 5) is 24.1. The summed E-state index contributed by atoms with van der Waals surface area (Å²) in [6.07, 6.45) is 0.940. The minimum Gasteiger partial charge on any atom is -0.481 e. The van der Waals surface area contributed by atoms with Gasteiger partial charge in [0.1, 0.15) is 5.60 Å². The van der Waals surface area contributed by atoms with E-state index in [1.807, 2.05) is 0 Å². The fourth-order valence-electron chi connectivity index (χ4n) is 2.21. The fraction of sp³-hybridized carbons (Fsp3) is 0.786. The number of nitrogens with zero attached hydrogens (tertiary/aromatic N) is 2. The van der Waals surface area contributed by atoms with Gasteiger partial charge in [0.05, 0.1) is 11.5 Å². The second kappa shape index (κ2) is 6.12. The third-order valence-corrected chi connectivity index (χ3v) is 3.43. The molecule has 0 saturated carbocycles. The zero-order valence-electron chi connectivity index (χ0n) is 12.3. The number of rotatable bonds is 3. The van der Waals surface area contributed by atoms with Gasteiger partial charge in [-0.3, -0.25) is 4.79 Å². The molecule has 1 aliphatic heterocycles. The summed E-state index contributed by atoms with van der Waals surface area (Å²) >= 11 is 0. The van der Waals surface area contributed by atoms with Gasteiger partial charge in [-0.05, 0) is 40.0 Å². The maximum atomic E-state index is 11.9. The Kier molecular flexibility index (Phi) is 4.98. The van der Waals surface area contributed by atoms with Gasteiger partial charge in [-0.1, -0.05) is 0 Å². The summed E-state index contributed by atoms with van der Waals surface area (Å²) in [7, 11) is 0. The number of aliphatic carboxylic acids is 1. The smallest absolute Gasteiger partial charge is 0.410 e. The number of carbonyl (C=O) groups excluding carboxylic acids is 1. The highest BCUT2D eigenvalue weighted by Gasteiger charge is 2.37. The van der Waals surface area contributed by atoms with Crippen LogP contribution in [0.5, 0.6) is 0 Å². The van der Waals surface area contributed by atoms with Crippen LogP contribution in [0, 0.1) is 16.7 Å². The number of likely N-dealkylation sites (tertiary alicyclic amines) is 1. The van der Waals surface area contributed by atoms with Crippen LogP contribution in [0.2, 0.25) is 0 Å². The number of piperidine rings is 1. The Bertz CT molecular complexity index is 412. The van der Waals surface area contributed by atoms with Crippen LogP contribution in [0.15, 0.2) is 0 Å². The Morgan fingerprint density at radius 1 is 1.35 bits per heavy atom. The molecular weight excluding hydrogens is 260 g/mol. The minimum atomic E-state index is -0.894. The first-order valence-corrected chi connectivity index (χ1v) is 6.78. The molecule has 112 valence electrons. The van der Waals surface area contributed by atoms with Crippen LogP contribution in [-0.2, 0) is 9.53 Å². The van der Waals surface area contributed by atoms with Crippen LogP contribution in [0.1, 0.15) is 46.5 Å². The second-order valence-electron chi connectivity index (χ2n) is 6.25. The molecule has 0 aromatic rings. The molecule has 1 fully saturated rings. The van der Waals surface area contributed by atoms with Crippen LogP contribution in [0.25, 0.3) is 0 Å². The number of carboxylic acids is 1. The van der Waals surface area contributed by atoms with Gasteiger partial charge >= 0.3 is 12.1 Å². The molecule has 6 nitrogen and oxygen atoms in total. The monoisotopic (exact) mass is 282 g/mol. The molecule has 0 aliphatic carbocycles. The standard InChI is InChI=1S/C14H22N2O4/c1-13(2,3)20-12(19)16-8-6-14(10-15,7-9-16)5-4-11(17)18/h4-9H2,1-3H3,(H,17,18). The summed E-state index contributed by atoms with van der Waals surface area (Å²) in [5.74, 6) is -0.894. The van der Waals surface area contributed by atoms with E-state index < -0.39 is 17.0 Å². The molecule has 0 bridgehead atoms. The Labute approximate surface area is 119 Å². The van der Waals surface area contributed by atoms with E-state index in [0.29, 0.717) is 32.4 Å². The molecule has 1 saturated heterocycles. The maximum Gasteiger partial charge on any atom is 0.410 e. The molecule has 0 atom stereocenters. The predicted molar refractivity (Wildman–Crippen MR) is 72.0 cm³/mol. The van der Waals surface area contributed by atoms with Gasteiger partial charge in [0.25, 0.3) is 0 Å². The molecule has 20 heavy (non-hydrogen) atoms. The van der Waals surface area contributed by atoms with Gasteiger partial charge < -0.3 is 14.7 Å². The van der Waals surface area contributed by atoms with Gasteiger partial charge in [0.2, 0.25) is 0 Å². The van der Waals surface area contributed by atoms with Crippen molar-refractivity contribution < 1.29 is 19.4 Å². The van der Waals surface area contributed by atoms with Crippen molar-refractivity contribution in [3.8, 4) is 6.07 Å². The molecule has 1 aliphatic rings. The SMILES string of the molecule is CC(C)(C)OC(=O)N1CCC(C#N)(CCC(=O)O)CC1. The van der Waals surface area contributed by atoms with Crippen molar-refractivity contribution in [1.29, 1.82) is 5.26 Å². The zero-order chi connectivity index (χ0) is 15.4. The molecule has 1 heterocycles. The topological polar surface area (TPSA) is 90.6 Å². The van der Waals surface area contributed by atoms with Crippen molar-refractivity contribution in [3.05, 3.63) is 0 Å². The summed E-state index contributed by atoms with van der Waals surface area (Å²) in [6.45, 7) is 6.29. The Hall–Kier alpha value is -1.77. The van der Waals surface area contributed by atoms with Gasteiger partial charge in [-0.2, -0.15) is 5.26 Å². The van der Waals surface area contributed by atoms with Gasteiger partial charge in [0, 0.05) is 19.5 Å². The number of ether oxygens (including phenoxy) is 1. The van der Waals surface area contributed by atoms with Gasteiger partial charge in [-0.25, -0.2) is 4.79 Å². The molecule has 1 rings (SSSR count). The number of hydrogen-bond acceptors (Lipinski definition) is 4. The second-order valence-corrected chi connectivity index (χ2v) is 6.25. The van der Waals surface area contributed by atoms with Crippen LogP contribution in [0.3, 0.4) is 0 Å². The van der Waals surface area contributed by atoms with Crippen molar-refractivity contribution >= 4 is 12.1 Å². The van der Waals surface area contributed by atoms with Crippen LogP contribution >= 0.6 is 0 Å². The van der Waals surface area contributed by atoms with E-state index in [4.69, 9.17) is 9.84 Å². The molecule has 1 N–H and O–H groups in total. The molecule has 0 unspecified atom stereocenters. The highest BCUT2D eigenvalue weighted by Crippen LogP contribution is 2.35. The lowest BCUT2D eigenvalue weighted by Crippen LogP contribution is -2.45. The quantitative estimate of drug-likeness (QED) is 0.858. The van der Waals surface area contributed by atoms with E-state index in [9.17, 15) is 14.9 Å². The fourth-order valence-corrected chi connectivity index (χ4v) is 2.21. The van der Waals surface area contributed by atoms with E-state index in [1.165, 1.54) is 0 Å². The summed E-state index contributed by atoms with van der Waals surface area (Å²) in [6, 6.07) is 2.24. The summed E-state index contributed by atoms with van der Waals surface area (Å²) < 4.78 is 5.29. The van der Waals surface area contributed by atoms with E-state index in [1.54, 1.807) is 25.7 Å². The average molecular weight is 282 g/mol. The summed E-state index contributed by atoms with van der Waals surface area (Å²) in [5.41, 5.74) is -1.17. The van der Waals surface area contributed by atoms with Crippen molar-refractivity contribution in [1.82, 2.24) is 4.90 Å². The normalized spacial score (nSPS) is 18.2. The van der Waals surface area contributed by atoms with E-state index in [0.717, 1.165) is 0 Å². The Morgan fingerprint density at radius 3 is 2.30 bits per heavy atom. The first kappa shape index (κ1) is 16.3. The summed E-state index contributed by atoms with van der Waals surface area (Å²) in [5, 5.41) is 18.0. The number of nitriles is 1. The van der Waals surface area contributed by atoms with Crippen LogP contribution in [-0.4, -0.2) is 40.8 Å². The zero-order valence-corrected chi connectivity index (χ0v) is 12.3. The van der Waals surface area contributed by atoms with Crippen LogP contribution < -0.4 is 0 Å². The first-order chi connectivity index (χ1) is 9.17. The van der Waals surface area contributed by atoms with Crippen molar-refractivity contribution in [2.75, 3.05) is 13.1 Å². The highest BCUT2D eigenvalue weighted by atomic mass is 16.6. The molecule has 0 radical (unpaired) electrons. The number of carboxylic acid groups (broad SMARTS) is 1. The lowest BCUT2D eigenvalue weighted by Gasteiger charge is -2.37. The lowest BCUT2D eigenvalue weighted by molar-refractivity contribution is -0.137. The van der Waals surface area contributed by atoms with E-state index >= 15 is 0 Å². The van der Waals surface area contributed by atoms with E-state index in [2.05, 4.69) is 6.07 Å². The lowest BCUT2D eigenvalue weighted by atomic mass is 9.76. The minimum absolute atomic E-state index is 0.0139. The van der Waals surface area contributed by atoms with Crippen molar-refractivity contribution in [2.45, 2.75) is 52.1 Å². The van der Waals surface area contributed by atoms with Crippen molar-refractivity contribution in [2.24, 2.45) is 5.41 Å². The third kappa shape index (κ3) is 4.72. The van der Waals surface area contributed by atoms with Crippen molar-refractivity contribution in [3.63, 3.8) is 0 Å². The third-order valence-electron chi connectivity index (χ3n) is 3.43. The molecule has 1 amide bonds. The van der Waals surface area contributed by atoms with Gasteiger partial charge in [-0.15, -0.1) is 0 Å². The number of carbonyl (C=O) groups is 2. The molecule has 0 aromatic carbocycles. The molecular formula is C14H22N2O4.